The lowest BCUT2D eigenvalue weighted by Gasteiger charge is -2.34. The van der Waals surface area contributed by atoms with Crippen LogP contribution in [-0.2, 0) is 70.3 Å². The predicted molar refractivity (Wildman–Crippen MR) is 323 cm³/mol. The van der Waals surface area contributed by atoms with E-state index in [1.54, 1.807) is 34.6 Å². The first-order valence-corrected chi connectivity index (χ1v) is 30.1. The van der Waals surface area contributed by atoms with Gasteiger partial charge in [-0.15, -0.1) is 6.58 Å². The Morgan fingerprint density at radius 2 is 1.05 bits per heavy atom. The number of esters is 3. The van der Waals surface area contributed by atoms with Crippen molar-refractivity contribution in [2.75, 3.05) is 26.4 Å². The number of hydrogen-bond acceptors (Lipinski definition) is 12. The fraction of sp³-hybridized carbons (Fsp3) is 0.585. The van der Waals surface area contributed by atoms with Gasteiger partial charge >= 0.3 is 24.0 Å². The highest BCUT2D eigenvalue weighted by atomic mass is 79.9. The summed E-state index contributed by atoms with van der Waals surface area (Å²) in [5.74, 6) is 0.585. The Bertz CT molecular complexity index is 3300. The standard InChI is InChI=1S/C23H31BrN2O4.C21H30N2O3.C21H28N2O2/c1-8-29-20(27)19-17(24)18-16(26(19)21(28)30-23(5,6)7)12-13-11-14(22(2,3)4)9-10-15(13)25-18;1-5-26-20(25)19-15(7-6-10-24)18-17(23-19)12-13-11-14(21(2,3)4)8-9-16(13)22-18;1-6-8-15-18-17(23-19(15)20(24)25-7-2)12-13-11-14(21(3,4)5)9-10-16(13)22-18/h12,14H,8-11H2,1-7H3;12,14,23-24H,5-11H2,1-4H3;6,12,14,23H,1,7-11H2,2-5H3. The Morgan fingerprint density at radius 3 is 1.46 bits per heavy atom. The summed E-state index contributed by atoms with van der Waals surface area (Å²) >= 11 is 3.50. The molecule has 440 valence electrons. The maximum absolute atomic E-state index is 13.1. The molecule has 0 spiro atoms. The normalized spacial score (nSPS) is 17.2. The Morgan fingerprint density at radius 1 is 0.642 bits per heavy atom. The topological polar surface area (TPSA) is 201 Å². The average molecular weight is 1180 g/mol. The van der Waals surface area contributed by atoms with Gasteiger partial charge in [0, 0.05) is 34.8 Å². The molecular formula is C65H89BrN6O9. The summed E-state index contributed by atoms with van der Waals surface area (Å²) in [4.78, 5) is 71.7. The SMILES string of the molecule is C=CCc1c(C(=O)OCC)[nH]c2cc3c(nc12)CCC(C(C)(C)C)C3.CCOC(=O)c1[nH]c2cc3c(nc2c1CCCO)CCC(C(C)(C)C)C3.CCOC(=O)c1c(Br)c2nc3c(cc2n1C(=O)OC(C)(C)C)CC(C(C)(C)C)CC3. The highest BCUT2D eigenvalue weighted by Crippen LogP contribution is 2.42. The molecule has 0 fully saturated rings. The summed E-state index contributed by atoms with van der Waals surface area (Å²) in [6.07, 6.45) is 12.2. The number of aliphatic hydroxyl groups excluding tert-OH is 1. The second kappa shape index (κ2) is 25.3. The van der Waals surface area contributed by atoms with Crippen molar-refractivity contribution < 1.29 is 43.2 Å². The predicted octanol–water partition coefficient (Wildman–Crippen LogP) is 14.3. The van der Waals surface area contributed by atoms with Crippen molar-refractivity contribution in [1.82, 2.24) is 29.5 Å². The van der Waals surface area contributed by atoms with Gasteiger partial charge in [0.1, 0.15) is 22.5 Å². The summed E-state index contributed by atoms with van der Waals surface area (Å²) in [6, 6.07) is 6.35. The van der Waals surface area contributed by atoms with Gasteiger partial charge < -0.3 is 34.0 Å². The van der Waals surface area contributed by atoms with E-state index < -0.39 is 17.7 Å². The summed E-state index contributed by atoms with van der Waals surface area (Å²) in [6.45, 7) is 36.2. The molecule has 3 unspecified atom stereocenters. The lowest BCUT2D eigenvalue weighted by molar-refractivity contribution is 0.0452. The molecule has 6 aromatic heterocycles. The molecule has 9 rings (SSSR count). The number of hydrogen-bond donors (Lipinski definition) is 3. The summed E-state index contributed by atoms with van der Waals surface area (Å²) in [5, 5.41) is 9.22. The molecule has 6 heterocycles. The lowest BCUT2D eigenvalue weighted by atomic mass is 9.71. The summed E-state index contributed by atoms with van der Waals surface area (Å²) in [5.41, 5.74) is 14.7. The van der Waals surface area contributed by atoms with E-state index in [9.17, 15) is 24.3 Å². The molecule has 0 saturated heterocycles. The van der Waals surface area contributed by atoms with Crippen LogP contribution < -0.4 is 0 Å². The molecule has 0 aromatic carbocycles. The number of ether oxygens (including phenoxy) is 4. The first-order chi connectivity index (χ1) is 38.0. The van der Waals surface area contributed by atoms with Crippen LogP contribution in [0.25, 0.3) is 33.1 Å². The van der Waals surface area contributed by atoms with E-state index in [0.29, 0.717) is 82.5 Å². The third-order valence-electron chi connectivity index (χ3n) is 16.3. The van der Waals surface area contributed by atoms with Crippen molar-refractivity contribution >= 4 is 73.0 Å². The molecular weight excluding hydrogens is 1090 g/mol. The minimum Gasteiger partial charge on any atom is -0.461 e. The number of aromatic amines is 2. The van der Waals surface area contributed by atoms with Crippen LogP contribution in [0.2, 0.25) is 0 Å². The quantitative estimate of drug-likeness (QED) is 0.0631. The van der Waals surface area contributed by atoms with Crippen LogP contribution in [0, 0.1) is 34.0 Å². The number of aromatic nitrogens is 6. The average Bonchev–Trinajstić information content (AvgIpc) is 2.88. The number of allylic oxidation sites excluding steroid dienone is 1. The largest absolute Gasteiger partial charge is 0.461 e. The zero-order valence-electron chi connectivity index (χ0n) is 50.9. The number of carbonyl (C=O) groups excluding carboxylic acids is 4. The van der Waals surface area contributed by atoms with E-state index in [4.69, 9.17) is 33.9 Å². The van der Waals surface area contributed by atoms with Crippen LogP contribution in [0.5, 0.6) is 0 Å². The van der Waals surface area contributed by atoms with Gasteiger partial charge in [-0.3, -0.25) is 9.97 Å². The zero-order valence-corrected chi connectivity index (χ0v) is 52.5. The molecule has 3 N–H and O–H groups in total. The summed E-state index contributed by atoms with van der Waals surface area (Å²) in [7, 11) is 0. The molecule has 16 heteroatoms. The number of rotatable bonds is 11. The van der Waals surface area contributed by atoms with Crippen molar-refractivity contribution in [2.24, 2.45) is 34.0 Å². The molecule has 3 aliphatic rings. The van der Waals surface area contributed by atoms with Crippen molar-refractivity contribution in [3.8, 4) is 0 Å². The van der Waals surface area contributed by atoms with Crippen LogP contribution in [0.15, 0.2) is 35.3 Å². The Hall–Kier alpha value is -5.87. The number of aryl methyl sites for hydroxylation is 4. The van der Waals surface area contributed by atoms with Crippen molar-refractivity contribution in [2.45, 2.75) is 187 Å². The van der Waals surface area contributed by atoms with Gasteiger partial charge in [0.05, 0.1) is 51.9 Å². The number of carbonyl (C=O) groups is 4. The first kappa shape index (κ1) is 62.7. The molecule has 15 nitrogen and oxygen atoms in total. The van der Waals surface area contributed by atoms with Crippen molar-refractivity contribution in [3.63, 3.8) is 0 Å². The smallest absolute Gasteiger partial charge is 0.419 e. The molecule has 0 saturated carbocycles. The maximum atomic E-state index is 13.1. The summed E-state index contributed by atoms with van der Waals surface area (Å²) < 4.78 is 23.0. The van der Waals surface area contributed by atoms with Crippen LogP contribution in [0.1, 0.15) is 206 Å². The second-order valence-corrected chi connectivity index (χ2v) is 27.1. The molecule has 0 aliphatic heterocycles. The molecule has 81 heavy (non-hydrogen) atoms. The molecule has 0 radical (unpaired) electrons. The minimum absolute atomic E-state index is 0.0904. The highest BCUT2D eigenvalue weighted by Gasteiger charge is 2.36. The van der Waals surface area contributed by atoms with Gasteiger partial charge in [0.15, 0.2) is 5.69 Å². The van der Waals surface area contributed by atoms with Crippen LogP contribution >= 0.6 is 15.9 Å². The van der Waals surface area contributed by atoms with E-state index >= 15 is 0 Å². The monoisotopic (exact) mass is 1180 g/mol. The Balaban J connectivity index is 0.000000176. The third kappa shape index (κ3) is 14.3. The third-order valence-corrected chi connectivity index (χ3v) is 17.1. The number of H-pyrrole nitrogens is 2. The van der Waals surface area contributed by atoms with Gasteiger partial charge in [0.25, 0.3) is 0 Å². The number of nitrogens with zero attached hydrogens (tertiary/aromatic N) is 4. The van der Waals surface area contributed by atoms with Crippen LogP contribution in [0.4, 0.5) is 4.79 Å². The van der Waals surface area contributed by atoms with Gasteiger partial charge in [-0.1, -0.05) is 68.4 Å². The number of halogens is 1. The van der Waals surface area contributed by atoms with E-state index in [-0.39, 0.29) is 41.7 Å². The fourth-order valence-corrected chi connectivity index (χ4v) is 12.3. The van der Waals surface area contributed by atoms with E-state index in [2.05, 4.69) is 107 Å². The minimum atomic E-state index is -0.703. The lowest BCUT2D eigenvalue weighted by Crippen LogP contribution is -2.29. The van der Waals surface area contributed by atoms with Gasteiger partial charge in [-0.05, 0) is 203 Å². The van der Waals surface area contributed by atoms with Crippen LogP contribution in [0.3, 0.4) is 0 Å². The van der Waals surface area contributed by atoms with E-state index in [1.165, 1.54) is 27.8 Å². The van der Waals surface area contributed by atoms with Crippen molar-refractivity contribution in [1.29, 1.82) is 0 Å². The number of pyridine rings is 3. The molecule has 0 amide bonds. The van der Waals surface area contributed by atoms with E-state index in [0.717, 1.165) is 102 Å². The highest BCUT2D eigenvalue weighted by molar-refractivity contribution is 9.10. The zero-order chi connectivity index (χ0) is 59.5. The molecule has 3 aliphatic carbocycles. The maximum Gasteiger partial charge on any atom is 0.419 e. The number of aliphatic hydroxyl groups is 1. The number of fused-ring (bicyclic) bond motifs is 6. The molecule has 3 atom stereocenters. The molecule has 6 aromatic rings. The van der Waals surface area contributed by atoms with Gasteiger partial charge in [-0.25, -0.2) is 28.7 Å². The Kier molecular flexibility index (Phi) is 19.6. The first-order valence-electron chi connectivity index (χ1n) is 29.3. The van der Waals surface area contributed by atoms with E-state index in [1.807, 2.05) is 19.1 Å². The van der Waals surface area contributed by atoms with Crippen LogP contribution in [-0.4, -0.2) is 90.6 Å². The fourth-order valence-electron chi connectivity index (χ4n) is 11.6. The second-order valence-electron chi connectivity index (χ2n) is 26.3. The van der Waals surface area contributed by atoms with Gasteiger partial charge in [0.2, 0.25) is 0 Å². The van der Waals surface area contributed by atoms with Crippen molar-refractivity contribution in [3.05, 3.63) is 97.3 Å². The van der Waals surface area contributed by atoms with Gasteiger partial charge in [-0.2, -0.15) is 0 Å². The molecule has 0 bridgehead atoms. The number of nitrogens with one attached hydrogen (secondary N) is 2. The Labute approximate surface area is 487 Å².